The lowest BCUT2D eigenvalue weighted by Gasteiger charge is -2.28. The Bertz CT molecular complexity index is 3150. The number of aromatic nitrogens is 1. The molecule has 0 saturated heterocycles. The zero-order valence-corrected chi connectivity index (χ0v) is 32.0. The molecule has 0 N–H and O–H groups in total. The average Bonchev–Trinajstić information content (AvgIpc) is 3.73. The van der Waals surface area contributed by atoms with Gasteiger partial charge in [0.25, 0.3) is 0 Å². The quantitative estimate of drug-likeness (QED) is 0.165. The van der Waals surface area contributed by atoms with E-state index >= 15 is 0 Å². The van der Waals surface area contributed by atoms with Gasteiger partial charge in [0.05, 0.1) is 11.0 Å². The molecule has 57 heavy (non-hydrogen) atoms. The summed E-state index contributed by atoms with van der Waals surface area (Å²) in [5, 5.41) is 5.03. The summed E-state index contributed by atoms with van der Waals surface area (Å²) >= 11 is 0. The summed E-state index contributed by atoms with van der Waals surface area (Å²) in [5.74, 6) is 0. The normalized spacial score (nSPS) is 12.9. The second-order valence-corrected chi connectivity index (χ2v) is 15.8. The van der Waals surface area contributed by atoms with Crippen molar-refractivity contribution in [1.82, 2.24) is 4.57 Å². The molecule has 0 fully saturated rings. The fourth-order valence-electron chi connectivity index (χ4n) is 9.36. The average molecular weight is 729 g/mol. The summed E-state index contributed by atoms with van der Waals surface area (Å²) in [6, 6.07) is 75.6. The molecule has 9 aromatic carbocycles. The minimum Gasteiger partial charge on any atom is -0.310 e. The molecule has 0 spiro atoms. The molecular weight excluding hydrogens is 689 g/mol. The SMILES string of the molecule is CC1(C)c2ccccc2-c2ccc(N(c3ccccc3)c3cccc(-c4cccc(-c5ccc6c7ccc8ccccc8c7n(-c7ccccc7)c6c5)c4)c3)cc21. The number of benzene rings is 9. The molecule has 10 aromatic rings. The van der Waals surface area contributed by atoms with Crippen LogP contribution in [0.1, 0.15) is 25.0 Å². The highest BCUT2D eigenvalue weighted by molar-refractivity contribution is 6.19. The molecule has 2 nitrogen and oxygen atoms in total. The van der Waals surface area contributed by atoms with Gasteiger partial charge in [-0.05, 0) is 111 Å². The Morgan fingerprint density at radius 1 is 0.386 bits per heavy atom. The number of hydrogen-bond donors (Lipinski definition) is 0. The molecule has 0 unspecified atom stereocenters. The van der Waals surface area contributed by atoms with Crippen molar-refractivity contribution < 1.29 is 0 Å². The molecular formula is C55H40N2. The third-order valence-electron chi connectivity index (χ3n) is 12.1. The fourth-order valence-corrected chi connectivity index (χ4v) is 9.36. The highest BCUT2D eigenvalue weighted by Gasteiger charge is 2.35. The second kappa shape index (κ2) is 13.0. The van der Waals surface area contributed by atoms with E-state index < -0.39 is 0 Å². The van der Waals surface area contributed by atoms with Crippen LogP contribution in [-0.4, -0.2) is 4.57 Å². The Morgan fingerprint density at radius 2 is 1.00 bits per heavy atom. The zero-order chi connectivity index (χ0) is 38.1. The van der Waals surface area contributed by atoms with Crippen molar-refractivity contribution in [3.8, 4) is 39.1 Å². The Labute approximate surface area is 333 Å². The van der Waals surface area contributed by atoms with Gasteiger partial charge in [0.1, 0.15) is 0 Å². The van der Waals surface area contributed by atoms with Crippen LogP contribution in [0.2, 0.25) is 0 Å². The van der Waals surface area contributed by atoms with E-state index in [1.54, 1.807) is 0 Å². The van der Waals surface area contributed by atoms with E-state index in [0.29, 0.717) is 0 Å². The molecule has 0 bridgehead atoms. The predicted molar refractivity (Wildman–Crippen MR) is 241 cm³/mol. The van der Waals surface area contributed by atoms with E-state index in [-0.39, 0.29) is 5.41 Å². The molecule has 2 heteroatoms. The first-order valence-electron chi connectivity index (χ1n) is 19.8. The predicted octanol–water partition coefficient (Wildman–Crippen LogP) is 15.0. The number of anilines is 3. The highest BCUT2D eigenvalue weighted by Crippen LogP contribution is 2.51. The van der Waals surface area contributed by atoms with Crippen LogP contribution in [0.3, 0.4) is 0 Å². The van der Waals surface area contributed by atoms with E-state index in [2.05, 4.69) is 230 Å². The van der Waals surface area contributed by atoms with E-state index in [1.165, 1.54) is 77.1 Å². The van der Waals surface area contributed by atoms with Crippen LogP contribution in [0.25, 0.3) is 71.6 Å². The van der Waals surface area contributed by atoms with Crippen LogP contribution in [-0.2, 0) is 5.41 Å². The van der Waals surface area contributed by atoms with Gasteiger partial charge < -0.3 is 9.47 Å². The third kappa shape index (κ3) is 5.33. The monoisotopic (exact) mass is 728 g/mol. The van der Waals surface area contributed by atoms with E-state index in [9.17, 15) is 0 Å². The van der Waals surface area contributed by atoms with Gasteiger partial charge in [0, 0.05) is 44.3 Å². The molecule has 0 atom stereocenters. The first-order valence-corrected chi connectivity index (χ1v) is 19.8. The van der Waals surface area contributed by atoms with Crippen molar-refractivity contribution in [2.75, 3.05) is 4.90 Å². The Balaban J connectivity index is 1.02. The van der Waals surface area contributed by atoms with Crippen molar-refractivity contribution >= 4 is 49.6 Å². The van der Waals surface area contributed by atoms with Gasteiger partial charge in [-0.15, -0.1) is 0 Å². The summed E-state index contributed by atoms with van der Waals surface area (Å²) in [5.41, 5.74) is 17.1. The van der Waals surface area contributed by atoms with Crippen LogP contribution >= 0.6 is 0 Å². The maximum Gasteiger partial charge on any atom is 0.0619 e. The standard InChI is InChI=1S/C55H40N2/c1-55(2)51-26-12-11-25-47(51)48-32-29-45(36-52(48)55)56(42-19-5-3-6-20-42)44-23-14-18-40(34-44)38-16-13-17-39(33-38)41-28-30-49-50-31-27-37-15-9-10-24-46(37)54(50)57(53(49)35-41)43-21-7-4-8-22-43/h3-36H,1-2H3. The molecule has 0 aliphatic heterocycles. The molecule has 270 valence electrons. The number of para-hydroxylation sites is 2. The molecule has 1 aliphatic carbocycles. The summed E-state index contributed by atoms with van der Waals surface area (Å²) in [6.07, 6.45) is 0. The topological polar surface area (TPSA) is 8.17 Å². The van der Waals surface area contributed by atoms with E-state index in [0.717, 1.165) is 22.7 Å². The molecule has 0 amide bonds. The summed E-state index contributed by atoms with van der Waals surface area (Å²) in [4.78, 5) is 2.40. The van der Waals surface area contributed by atoms with Crippen molar-refractivity contribution in [1.29, 1.82) is 0 Å². The summed E-state index contributed by atoms with van der Waals surface area (Å²) in [7, 11) is 0. The lowest BCUT2D eigenvalue weighted by atomic mass is 9.82. The Hall–Kier alpha value is -7.16. The smallest absolute Gasteiger partial charge is 0.0619 e. The first kappa shape index (κ1) is 33.2. The lowest BCUT2D eigenvalue weighted by molar-refractivity contribution is 0.660. The van der Waals surface area contributed by atoms with Crippen molar-refractivity contribution in [2.24, 2.45) is 0 Å². The number of fused-ring (bicyclic) bond motifs is 8. The fraction of sp³-hybridized carbons (Fsp3) is 0.0545. The second-order valence-electron chi connectivity index (χ2n) is 15.8. The molecule has 0 radical (unpaired) electrons. The van der Waals surface area contributed by atoms with Crippen molar-refractivity contribution in [3.05, 3.63) is 217 Å². The van der Waals surface area contributed by atoms with Gasteiger partial charge in [0.15, 0.2) is 0 Å². The Morgan fingerprint density at radius 3 is 1.82 bits per heavy atom. The van der Waals surface area contributed by atoms with Crippen LogP contribution in [0.5, 0.6) is 0 Å². The van der Waals surface area contributed by atoms with Crippen LogP contribution in [0.15, 0.2) is 206 Å². The molecule has 1 aliphatic rings. The maximum atomic E-state index is 2.45. The lowest BCUT2D eigenvalue weighted by Crippen LogP contribution is -2.16. The summed E-state index contributed by atoms with van der Waals surface area (Å²) < 4.78 is 2.45. The van der Waals surface area contributed by atoms with Gasteiger partial charge >= 0.3 is 0 Å². The van der Waals surface area contributed by atoms with Crippen LogP contribution in [0, 0.1) is 0 Å². The largest absolute Gasteiger partial charge is 0.310 e. The molecule has 1 heterocycles. The molecule has 0 saturated carbocycles. The van der Waals surface area contributed by atoms with Crippen molar-refractivity contribution in [3.63, 3.8) is 0 Å². The Kier molecular flexibility index (Phi) is 7.55. The highest BCUT2D eigenvalue weighted by atomic mass is 15.1. The van der Waals surface area contributed by atoms with Crippen molar-refractivity contribution in [2.45, 2.75) is 19.3 Å². The van der Waals surface area contributed by atoms with E-state index in [1.807, 2.05) is 0 Å². The number of nitrogens with zero attached hydrogens (tertiary/aromatic N) is 2. The van der Waals surface area contributed by atoms with Gasteiger partial charge in [-0.3, -0.25) is 0 Å². The van der Waals surface area contributed by atoms with Crippen LogP contribution in [0.4, 0.5) is 17.1 Å². The first-order chi connectivity index (χ1) is 28.0. The van der Waals surface area contributed by atoms with Gasteiger partial charge in [-0.2, -0.15) is 0 Å². The van der Waals surface area contributed by atoms with Gasteiger partial charge in [-0.1, -0.05) is 159 Å². The minimum absolute atomic E-state index is 0.0845. The minimum atomic E-state index is -0.0845. The van der Waals surface area contributed by atoms with E-state index in [4.69, 9.17) is 0 Å². The molecule has 1 aromatic heterocycles. The number of rotatable bonds is 6. The third-order valence-corrected chi connectivity index (χ3v) is 12.1. The van der Waals surface area contributed by atoms with Crippen LogP contribution < -0.4 is 4.90 Å². The zero-order valence-electron chi connectivity index (χ0n) is 32.0. The summed E-state index contributed by atoms with van der Waals surface area (Å²) in [6.45, 7) is 4.70. The maximum absolute atomic E-state index is 2.45. The van der Waals surface area contributed by atoms with Gasteiger partial charge in [0.2, 0.25) is 0 Å². The molecule has 11 rings (SSSR count). The number of hydrogen-bond acceptors (Lipinski definition) is 1. The van der Waals surface area contributed by atoms with Gasteiger partial charge in [-0.25, -0.2) is 0 Å².